The molecule has 0 saturated carbocycles. The molecule has 0 spiro atoms. The second-order valence-electron chi connectivity index (χ2n) is 5.01. The Bertz CT molecular complexity index is 555. The van der Waals surface area contributed by atoms with Crippen LogP contribution in [0.2, 0.25) is 0 Å². The zero-order valence-corrected chi connectivity index (χ0v) is 13.6. The number of hydrogen-bond acceptors (Lipinski definition) is 3. The lowest BCUT2D eigenvalue weighted by Crippen LogP contribution is -2.53. The molecule has 2 amide bonds. The predicted octanol–water partition coefficient (Wildman–Crippen LogP) is 1.50. The molecule has 0 atom stereocenters. The van der Waals surface area contributed by atoms with Crippen molar-refractivity contribution in [1.29, 1.82) is 0 Å². The van der Waals surface area contributed by atoms with Crippen LogP contribution < -0.4 is 5.32 Å². The maximum absolute atomic E-state index is 11.9. The van der Waals surface area contributed by atoms with Gasteiger partial charge in [0, 0.05) is 17.1 Å². The quantitative estimate of drug-likeness (QED) is 0.836. The summed E-state index contributed by atoms with van der Waals surface area (Å²) in [4.78, 5) is 35.9. The fourth-order valence-corrected chi connectivity index (χ4v) is 1.70. The van der Waals surface area contributed by atoms with Crippen LogP contribution in [0, 0.1) is 0 Å². The van der Waals surface area contributed by atoms with E-state index in [9.17, 15) is 14.4 Å². The van der Waals surface area contributed by atoms with E-state index in [4.69, 9.17) is 5.11 Å². The number of benzene rings is 1. The van der Waals surface area contributed by atoms with Crippen LogP contribution in [0.15, 0.2) is 28.7 Å². The molecule has 0 heterocycles. The number of nitrogens with zero attached hydrogens (tertiary/aromatic N) is 1. The van der Waals surface area contributed by atoms with Gasteiger partial charge in [-0.2, -0.15) is 0 Å². The molecule has 6 nitrogen and oxygen atoms in total. The highest BCUT2D eigenvalue weighted by atomic mass is 79.9. The van der Waals surface area contributed by atoms with Crippen LogP contribution in [-0.4, -0.2) is 46.9 Å². The minimum atomic E-state index is -1.33. The second-order valence-corrected chi connectivity index (χ2v) is 5.92. The lowest BCUT2D eigenvalue weighted by molar-refractivity contribution is -0.154. The molecule has 0 aliphatic heterocycles. The first-order valence-electron chi connectivity index (χ1n) is 6.20. The summed E-state index contributed by atoms with van der Waals surface area (Å²) in [5.41, 5.74) is -0.912. The summed E-state index contributed by atoms with van der Waals surface area (Å²) in [6.45, 7) is 2.58. The van der Waals surface area contributed by atoms with Crippen molar-refractivity contribution in [3.8, 4) is 0 Å². The van der Waals surface area contributed by atoms with Crippen molar-refractivity contribution in [2.45, 2.75) is 19.4 Å². The van der Waals surface area contributed by atoms with E-state index in [1.54, 1.807) is 24.3 Å². The minimum absolute atomic E-state index is 0.262. The van der Waals surface area contributed by atoms with Crippen molar-refractivity contribution in [2.75, 3.05) is 13.6 Å². The highest BCUT2D eigenvalue weighted by Gasteiger charge is 2.35. The van der Waals surface area contributed by atoms with E-state index >= 15 is 0 Å². The molecule has 1 aromatic carbocycles. The van der Waals surface area contributed by atoms with Crippen LogP contribution in [0.4, 0.5) is 0 Å². The van der Waals surface area contributed by atoms with Gasteiger partial charge in [0.05, 0.1) is 6.54 Å². The highest BCUT2D eigenvalue weighted by molar-refractivity contribution is 9.10. The first-order valence-corrected chi connectivity index (χ1v) is 6.99. The number of carbonyl (C=O) groups excluding carboxylic acids is 2. The Morgan fingerprint density at radius 2 is 1.76 bits per heavy atom. The third-order valence-corrected chi connectivity index (χ3v) is 3.77. The van der Waals surface area contributed by atoms with Crippen LogP contribution in [0.5, 0.6) is 0 Å². The van der Waals surface area contributed by atoms with Gasteiger partial charge < -0.3 is 15.3 Å². The largest absolute Gasteiger partial charge is 0.480 e. The number of hydrogen-bond donors (Lipinski definition) is 2. The Morgan fingerprint density at radius 3 is 2.24 bits per heavy atom. The van der Waals surface area contributed by atoms with Crippen LogP contribution in [0.1, 0.15) is 24.2 Å². The average molecular weight is 357 g/mol. The first-order chi connectivity index (χ1) is 9.66. The highest BCUT2D eigenvalue weighted by Crippen LogP contribution is 2.13. The van der Waals surface area contributed by atoms with E-state index < -0.39 is 23.3 Å². The number of nitrogens with one attached hydrogen (secondary N) is 1. The van der Waals surface area contributed by atoms with Gasteiger partial charge in [-0.15, -0.1) is 0 Å². The van der Waals surface area contributed by atoms with Crippen molar-refractivity contribution < 1.29 is 19.5 Å². The molecule has 0 aromatic heterocycles. The van der Waals surface area contributed by atoms with E-state index in [1.807, 2.05) is 0 Å². The molecule has 0 aliphatic carbocycles. The van der Waals surface area contributed by atoms with Gasteiger partial charge in [-0.1, -0.05) is 15.9 Å². The maximum atomic E-state index is 11.9. The molecular formula is C14H17BrN2O4. The number of carbonyl (C=O) groups is 3. The third kappa shape index (κ3) is 4.29. The Kier molecular flexibility index (Phi) is 5.48. The smallest absolute Gasteiger partial charge is 0.329 e. The average Bonchev–Trinajstić information content (AvgIpc) is 2.44. The molecule has 0 saturated heterocycles. The Labute approximate surface area is 131 Å². The molecule has 0 unspecified atom stereocenters. The molecule has 1 aromatic rings. The standard InChI is InChI=1S/C14H17BrN2O4/c1-14(2,13(20)21)17(3)11(18)8-16-12(19)9-4-6-10(15)7-5-9/h4-7H,8H2,1-3H3,(H,16,19)(H,20,21). The van der Waals surface area contributed by atoms with Crippen molar-refractivity contribution in [2.24, 2.45) is 0 Å². The topological polar surface area (TPSA) is 86.7 Å². The number of amides is 2. The van der Waals surface area contributed by atoms with Crippen LogP contribution >= 0.6 is 15.9 Å². The number of carboxylic acids is 1. The number of aliphatic carboxylic acids is 1. The van der Waals surface area contributed by atoms with Crippen LogP contribution in [-0.2, 0) is 9.59 Å². The molecule has 21 heavy (non-hydrogen) atoms. The van der Waals surface area contributed by atoms with Crippen molar-refractivity contribution in [3.63, 3.8) is 0 Å². The minimum Gasteiger partial charge on any atom is -0.480 e. The van der Waals surface area contributed by atoms with E-state index in [0.29, 0.717) is 5.56 Å². The number of likely N-dealkylation sites (N-methyl/N-ethyl adjacent to an activating group) is 1. The van der Waals surface area contributed by atoms with Gasteiger partial charge in [0.25, 0.3) is 5.91 Å². The van der Waals surface area contributed by atoms with Crippen LogP contribution in [0.3, 0.4) is 0 Å². The van der Waals surface area contributed by atoms with Crippen molar-refractivity contribution >= 4 is 33.7 Å². The lowest BCUT2D eigenvalue weighted by atomic mass is 10.0. The fraction of sp³-hybridized carbons (Fsp3) is 0.357. The van der Waals surface area contributed by atoms with Gasteiger partial charge >= 0.3 is 5.97 Å². The van der Waals surface area contributed by atoms with Gasteiger partial charge in [0.1, 0.15) is 5.54 Å². The second kappa shape index (κ2) is 6.71. The van der Waals surface area contributed by atoms with Gasteiger partial charge in [0.2, 0.25) is 5.91 Å². The zero-order valence-electron chi connectivity index (χ0n) is 12.0. The molecular weight excluding hydrogens is 340 g/mol. The molecule has 0 fully saturated rings. The number of carboxylic acid groups (broad SMARTS) is 1. The maximum Gasteiger partial charge on any atom is 0.329 e. The monoisotopic (exact) mass is 356 g/mol. The van der Waals surface area contributed by atoms with Gasteiger partial charge in [0.15, 0.2) is 0 Å². The Morgan fingerprint density at radius 1 is 1.24 bits per heavy atom. The first kappa shape index (κ1) is 17.2. The van der Waals surface area contributed by atoms with Crippen molar-refractivity contribution in [3.05, 3.63) is 34.3 Å². The van der Waals surface area contributed by atoms with E-state index in [0.717, 1.165) is 9.37 Å². The number of rotatable bonds is 5. The Balaban J connectivity index is 2.62. The third-order valence-electron chi connectivity index (χ3n) is 3.24. The summed E-state index contributed by atoms with van der Waals surface area (Å²) < 4.78 is 0.845. The normalized spacial score (nSPS) is 10.9. The molecule has 0 aliphatic rings. The summed E-state index contributed by atoms with van der Waals surface area (Å²) in [6, 6.07) is 6.68. The number of halogens is 1. The molecule has 1 rings (SSSR count). The summed E-state index contributed by atoms with van der Waals surface area (Å²) in [5.74, 6) is -1.98. The summed E-state index contributed by atoms with van der Waals surface area (Å²) in [7, 11) is 1.39. The van der Waals surface area contributed by atoms with Crippen molar-refractivity contribution in [1.82, 2.24) is 10.2 Å². The molecule has 7 heteroatoms. The molecule has 0 radical (unpaired) electrons. The summed E-state index contributed by atoms with van der Waals surface area (Å²) >= 11 is 3.26. The zero-order chi connectivity index (χ0) is 16.2. The molecule has 0 bridgehead atoms. The van der Waals surface area contributed by atoms with Gasteiger partial charge in [-0.3, -0.25) is 9.59 Å². The van der Waals surface area contributed by atoms with Crippen LogP contribution in [0.25, 0.3) is 0 Å². The fourth-order valence-electron chi connectivity index (χ4n) is 1.43. The molecule has 2 N–H and O–H groups in total. The van der Waals surface area contributed by atoms with Gasteiger partial charge in [-0.05, 0) is 38.1 Å². The van der Waals surface area contributed by atoms with E-state index in [1.165, 1.54) is 20.9 Å². The van der Waals surface area contributed by atoms with E-state index in [2.05, 4.69) is 21.2 Å². The Hall–Kier alpha value is -1.89. The molecule has 114 valence electrons. The lowest BCUT2D eigenvalue weighted by Gasteiger charge is -2.31. The summed E-state index contributed by atoms with van der Waals surface area (Å²) in [6.07, 6.45) is 0. The summed E-state index contributed by atoms with van der Waals surface area (Å²) in [5, 5.41) is 11.5. The predicted molar refractivity (Wildman–Crippen MR) is 81.0 cm³/mol. The van der Waals surface area contributed by atoms with E-state index in [-0.39, 0.29) is 6.54 Å². The SMILES string of the molecule is CN(C(=O)CNC(=O)c1ccc(Br)cc1)C(C)(C)C(=O)O. The van der Waals surface area contributed by atoms with Gasteiger partial charge in [-0.25, -0.2) is 4.79 Å².